The van der Waals surface area contributed by atoms with E-state index in [1.54, 1.807) is 0 Å². The first-order valence-electron chi connectivity index (χ1n) is 11.6. The fraction of sp³-hybridized carbons (Fsp3) is 0.600. The largest absolute Gasteiger partial charge is 0.454 e. The van der Waals surface area contributed by atoms with Crippen molar-refractivity contribution < 1.29 is 23.9 Å². The van der Waals surface area contributed by atoms with Crippen LogP contribution >= 0.6 is 0 Å². The Morgan fingerprint density at radius 3 is 2.48 bits per heavy atom. The molecule has 8 heteroatoms. The summed E-state index contributed by atoms with van der Waals surface area (Å²) < 4.78 is 5.05. The van der Waals surface area contributed by atoms with Crippen LogP contribution in [-0.2, 0) is 25.5 Å². The standard InChI is InChI=1S/C25H35N3O5/c1-6-18-7-9-19(10-8-18)17(3)26-20(29)14-33-21(30)13-28-22(31)25(27-23(28)32)12-16(2)11-24(4,5)15-25/h7-10,16-17H,6,11-15H2,1-5H3,(H,26,29)(H,27,32). The molecule has 0 aromatic heterocycles. The van der Waals surface area contributed by atoms with Crippen molar-refractivity contribution in [1.82, 2.24) is 15.5 Å². The first-order valence-corrected chi connectivity index (χ1v) is 11.6. The average molecular weight is 458 g/mol. The monoisotopic (exact) mass is 457 g/mol. The van der Waals surface area contributed by atoms with Crippen LogP contribution < -0.4 is 10.6 Å². The molecule has 33 heavy (non-hydrogen) atoms. The molecule has 180 valence electrons. The predicted octanol–water partition coefficient (Wildman–Crippen LogP) is 3.11. The molecule has 3 rings (SSSR count). The van der Waals surface area contributed by atoms with Gasteiger partial charge in [-0.2, -0.15) is 0 Å². The Balaban J connectivity index is 1.51. The van der Waals surface area contributed by atoms with Crippen LogP contribution in [0.25, 0.3) is 0 Å². The number of urea groups is 1. The van der Waals surface area contributed by atoms with E-state index >= 15 is 0 Å². The van der Waals surface area contributed by atoms with Gasteiger partial charge in [-0.05, 0) is 55.1 Å². The number of hydrogen-bond donors (Lipinski definition) is 2. The number of esters is 1. The summed E-state index contributed by atoms with van der Waals surface area (Å²) in [6.07, 6.45) is 2.98. The maximum Gasteiger partial charge on any atom is 0.326 e. The summed E-state index contributed by atoms with van der Waals surface area (Å²) in [5.74, 6) is -1.37. The molecular formula is C25H35N3O5. The molecule has 2 aliphatic rings. The summed E-state index contributed by atoms with van der Waals surface area (Å²) in [5.41, 5.74) is 1.09. The van der Waals surface area contributed by atoms with Crippen molar-refractivity contribution in [1.29, 1.82) is 0 Å². The third-order valence-electron chi connectivity index (χ3n) is 6.54. The van der Waals surface area contributed by atoms with Crippen LogP contribution in [0.5, 0.6) is 0 Å². The van der Waals surface area contributed by atoms with Gasteiger partial charge in [0, 0.05) is 0 Å². The Labute approximate surface area is 195 Å². The zero-order valence-corrected chi connectivity index (χ0v) is 20.2. The Hall–Kier alpha value is -2.90. The van der Waals surface area contributed by atoms with Crippen LogP contribution in [-0.4, -0.2) is 47.4 Å². The molecule has 1 heterocycles. The Morgan fingerprint density at radius 1 is 1.21 bits per heavy atom. The highest BCUT2D eigenvalue weighted by Gasteiger charge is 2.56. The van der Waals surface area contributed by atoms with Gasteiger partial charge in [0.2, 0.25) is 0 Å². The highest BCUT2D eigenvalue weighted by atomic mass is 16.5. The lowest BCUT2D eigenvalue weighted by Gasteiger charge is -2.43. The molecule has 2 fully saturated rings. The molecule has 0 bridgehead atoms. The lowest BCUT2D eigenvalue weighted by molar-refractivity contribution is -0.151. The van der Waals surface area contributed by atoms with Crippen molar-refractivity contribution in [2.75, 3.05) is 13.2 Å². The van der Waals surface area contributed by atoms with Gasteiger partial charge in [-0.15, -0.1) is 0 Å². The van der Waals surface area contributed by atoms with E-state index in [-0.39, 0.29) is 17.4 Å². The Morgan fingerprint density at radius 2 is 1.88 bits per heavy atom. The number of rotatable bonds is 7. The van der Waals surface area contributed by atoms with Crippen LogP contribution in [0.4, 0.5) is 4.79 Å². The third-order valence-corrected chi connectivity index (χ3v) is 6.54. The fourth-order valence-corrected chi connectivity index (χ4v) is 5.38. The summed E-state index contributed by atoms with van der Waals surface area (Å²) in [5, 5.41) is 5.61. The number of carbonyl (C=O) groups excluding carboxylic acids is 4. The van der Waals surface area contributed by atoms with Crippen molar-refractivity contribution >= 4 is 23.8 Å². The van der Waals surface area contributed by atoms with Crippen LogP contribution in [0.1, 0.15) is 71.0 Å². The molecule has 1 aromatic carbocycles. The number of carbonyl (C=O) groups is 4. The van der Waals surface area contributed by atoms with Crippen LogP contribution in [0.2, 0.25) is 0 Å². The summed E-state index contributed by atoms with van der Waals surface area (Å²) in [4.78, 5) is 51.0. The normalized spacial score (nSPS) is 25.0. The van der Waals surface area contributed by atoms with Gasteiger partial charge < -0.3 is 15.4 Å². The van der Waals surface area contributed by atoms with Gasteiger partial charge in [0.05, 0.1) is 6.04 Å². The SMILES string of the molecule is CCc1ccc(C(C)NC(=O)COC(=O)CN2C(=O)NC3(CC(C)CC(C)(C)C3)C2=O)cc1. The molecule has 1 aromatic rings. The molecular weight excluding hydrogens is 422 g/mol. The molecule has 0 radical (unpaired) electrons. The highest BCUT2D eigenvalue weighted by Crippen LogP contribution is 2.46. The number of hydrogen-bond acceptors (Lipinski definition) is 5. The van der Waals surface area contributed by atoms with E-state index in [1.807, 2.05) is 31.2 Å². The number of ether oxygens (including phenoxy) is 1. The third kappa shape index (κ3) is 5.72. The van der Waals surface area contributed by atoms with E-state index < -0.39 is 42.5 Å². The zero-order chi connectivity index (χ0) is 24.4. The van der Waals surface area contributed by atoms with Crippen molar-refractivity contribution in [2.45, 2.75) is 71.9 Å². The smallest absolute Gasteiger partial charge is 0.326 e. The van der Waals surface area contributed by atoms with Gasteiger partial charge in [0.1, 0.15) is 12.1 Å². The minimum absolute atomic E-state index is 0.0945. The zero-order valence-electron chi connectivity index (χ0n) is 20.2. The van der Waals surface area contributed by atoms with E-state index in [9.17, 15) is 19.2 Å². The van der Waals surface area contributed by atoms with Gasteiger partial charge in [0.25, 0.3) is 11.8 Å². The lowest BCUT2D eigenvalue weighted by Crippen LogP contribution is -2.54. The highest BCUT2D eigenvalue weighted by molar-refractivity contribution is 6.08. The second kappa shape index (κ2) is 9.53. The van der Waals surface area contributed by atoms with E-state index in [0.29, 0.717) is 12.8 Å². The van der Waals surface area contributed by atoms with Gasteiger partial charge in [-0.1, -0.05) is 52.0 Å². The number of benzene rings is 1. The van der Waals surface area contributed by atoms with E-state index in [2.05, 4.69) is 38.3 Å². The molecule has 8 nitrogen and oxygen atoms in total. The second-order valence-corrected chi connectivity index (χ2v) is 10.3. The lowest BCUT2D eigenvalue weighted by atomic mass is 9.64. The molecule has 1 saturated carbocycles. The van der Waals surface area contributed by atoms with Crippen molar-refractivity contribution in [3.8, 4) is 0 Å². The molecule has 1 spiro atoms. The summed E-state index contributed by atoms with van der Waals surface area (Å²) >= 11 is 0. The Bertz CT molecular complexity index is 926. The topological polar surface area (TPSA) is 105 Å². The molecule has 1 aliphatic heterocycles. The first kappa shape index (κ1) is 24.7. The number of amides is 4. The van der Waals surface area contributed by atoms with E-state index in [0.717, 1.165) is 23.3 Å². The minimum Gasteiger partial charge on any atom is -0.454 e. The van der Waals surface area contributed by atoms with Crippen LogP contribution in [0.15, 0.2) is 24.3 Å². The van der Waals surface area contributed by atoms with Crippen LogP contribution in [0, 0.1) is 11.3 Å². The maximum atomic E-state index is 13.1. The average Bonchev–Trinajstić information content (AvgIpc) is 2.93. The molecule has 4 amide bonds. The van der Waals surface area contributed by atoms with Gasteiger partial charge >= 0.3 is 12.0 Å². The van der Waals surface area contributed by atoms with Crippen molar-refractivity contribution in [3.63, 3.8) is 0 Å². The quantitative estimate of drug-likeness (QED) is 0.484. The number of nitrogens with one attached hydrogen (secondary N) is 2. The molecule has 3 atom stereocenters. The summed E-state index contributed by atoms with van der Waals surface area (Å²) in [6.45, 7) is 9.16. The molecule has 1 aliphatic carbocycles. The summed E-state index contributed by atoms with van der Waals surface area (Å²) in [7, 11) is 0. The predicted molar refractivity (Wildman–Crippen MR) is 123 cm³/mol. The van der Waals surface area contributed by atoms with Gasteiger partial charge in [0.15, 0.2) is 6.61 Å². The van der Waals surface area contributed by atoms with Gasteiger partial charge in [-0.25, -0.2) is 4.79 Å². The number of aryl methyl sites for hydroxylation is 1. The molecule has 1 saturated heterocycles. The van der Waals surface area contributed by atoms with Crippen molar-refractivity contribution in [3.05, 3.63) is 35.4 Å². The summed E-state index contributed by atoms with van der Waals surface area (Å²) in [6, 6.07) is 7.10. The number of nitrogens with zero attached hydrogens (tertiary/aromatic N) is 1. The minimum atomic E-state index is -0.974. The molecule has 3 unspecified atom stereocenters. The van der Waals surface area contributed by atoms with Gasteiger partial charge in [-0.3, -0.25) is 19.3 Å². The second-order valence-electron chi connectivity index (χ2n) is 10.3. The Kier molecular flexibility index (Phi) is 7.14. The molecule has 2 N–H and O–H groups in total. The van der Waals surface area contributed by atoms with Crippen molar-refractivity contribution in [2.24, 2.45) is 11.3 Å². The van der Waals surface area contributed by atoms with E-state index in [4.69, 9.17) is 4.74 Å². The number of imide groups is 1. The van der Waals surface area contributed by atoms with E-state index in [1.165, 1.54) is 5.56 Å². The first-order chi connectivity index (χ1) is 15.4. The van der Waals surface area contributed by atoms with Crippen LogP contribution in [0.3, 0.4) is 0 Å². The fourth-order valence-electron chi connectivity index (χ4n) is 5.38. The maximum absolute atomic E-state index is 13.1.